The van der Waals surface area contributed by atoms with Gasteiger partial charge in [0.15, 0.2) is 11.6 Å². The highest BCUT2D eigenvalue weighted by Crippen LogP contribution is 2.20. The molecule has 4 nitrogen and oxygen atoms in total. The Kier molecular flexibility index (Phi) is 9.16. The van der Waals surface area contributed by atoms with E-state index in [9.17, 15) is 9.59 Å². The molecule has 0 aromatic heterocycles. The van der Waals surface area contributed by atoms with Crippen LogP contribution in [0.4, 0.5) is 0 Å². The number of likely N-dealkylation sites (tertiary alicyclic amines) is 1. The summed E-state index contributed by atoms with van der Waals surface area (Å²) in [7, 11) is 3.98. The Morgan fingerprint density at radius 1 is 1.17 bits per heavy atom. The highest BCUT2D eigenvalue weighted by atomic mass is 16.1. The normalized spacial score (nSPS) is 20.7. The van der Waals surface area contributed by atoms with E-state index >= 15 is 0 Å². The summed E-state index contributed by atoms with van der Waals surface area (Å²) >= 11 is 0. The highest BCUT2D eigenvalue weighted by molar-refractivity contribution is 5.91. The van der Waals surface area contributed by atoms with Gasteiger partial charge in [-0.1, -0.05) is 32.9 Å². The molecule has 1 fully saturated rings. The van der Waals surface area contributed by atoms with Gasteiger partial charge in [-0.3, -0.25) is 14.5 Å². The molecule has 0 N–H and O–H groups in total. The van der Waals surface area contributed by atoms with E-state index in [2.05, 4.69) is 11.0 Å². The van der Waals surface area contributed by atoms with Crippen LogP contribution in [0.3, 0.4) is 0 Å². The van der Waals surface area contributed by atoms with Gasteiger partial charge in [0.1, 0.15) is 0 Å². The molecule has 1 heterocycles. The molecule has 0 bridgehead atoms. The fourth-order valence-corrected chi connectivity index (χ4v) is 2.79. The minimum absolute atomic E-state index is 0.0472. The van der Waals surface area contributed by atoms with Crippen LogP contribution in [0.2, 0.25) is 0 Å². The molecular formula is C20H34N2O2. The van der Waals surface area contributed by atoms with Gasteiger partial charge in [-0.05, 0) is 58.6 Å². The van der Waals surface area contributed by atoms with E-state index in [1.165, 1.54) is 0 Å². The first-order chi connectivity index (χ1) is 11.3. The van der Waals surface area contributed by atoms with Crippen LogP contribution in [0, 0.1) is 11.8 Å². The van der Waals surface area contributed by atoms with Crippen molar-refractivity contribution in [1.29, 1.82) is 0 Å². The van der Waals surface area contributed by atoms with Crippen molar-refractivity contribution in [1.82, 2.24) is 9.80 Å². The Morgan fingerprint density at radius 3 is 2.50 bits per heavy atom. The monoisotopic (exact) mass is 334 g/mol. The van der Waals surface area contributed by atoms with Crippen molar-refractivity contribution in [2.75, 3.05) is 33.7 Å². The molecule has 2 atom stereocenters. The first-order valence-corrected chi connectivity index (χ1v) is 9.12. The summed E-state index contributed by atoms with van der Waals surface area (Å²) in [6.45, 7) is 8.63. The van der Waals surface area contributed by atoms with E-state index in [4.69, 9.17) is 0 Å². The third kappa shape index (κ3) is 7.54. The molecule has 0 aliphatic carbocycles. The maximum absolute atomic E-state index is 12.1. The second-order valence-electron chi connectivity index (χ2n) is 7.42. The first kappa shape index (κ1) is 20.8. The number of ketones is 2. The standard InChI is InChI=1S/C20H34N2O2/c1-16(2)19(23)11-10-18-8-6-14-22(18)15-12-17(3)20(24)9-7-13-21(4)5/h7,9-11,16-18H,6,8,12-15H2,1-5H3/b9-7-,11-10+/t17?,18-/m0/s1. The van der Waals surface area contributed by atoms with Crippen LogP contribution < -0.4 is 0 Å². The Balaban J connectivity index is 2.43. The van der Waals surface area contributed by atoms with Crippen LogP contribution in [0.25, 0.3) is 0 Å². The zero-order chi connectivity index (χ0) is 18.1. The van der Waals surface area contributed by atoms with Gasteiger partial charge in [0.25, 0.3) is 0 Å². The number of hydrogen-bond donors (Lipinski definition) is 0. The molecule has 24 heavy (non-hydrogen) atoms. The van der Waals surface area contributed by atoms with Crippen LogP contribution >= 0.6 is 0 Å². The fourth-order valence-electron chi connectivity index (χ4n) is 2.79. The van der Waals surface area contributed by atoms with Gasteiger partial charge < -0.3 is 4.90 Å². The number of nitrogens with zero attached hydrogens (tertiary/aromatic N) is 2. The third-order valence-corrected chi connectivity index (χ3v) is 4.55. The number of rotatable bonds is 10. The van der Waals surface area contributed by atoms with E-state index < -0.39 is 0 Å². The maximum Gasteiger partial charge on any atom is 0.158 e. The van der Waals surface area contributed by atoms with Crippen molar-refractivity contribution < 1.29 is 9.59 Å². The number of carbonyl (C=O) groups is 2. The summed E-state index contributed by atoms with van der Waals surface area (Å²) < 4.78 is 0. The molecule has 136 valence electrons. The lowest BCUT2D eigenvalue weighted by Crippen LogP contribution is -2.30. The average Bonchev–Trinajstić information content (AvgIpc) is 2.96. The van der Waals surface area contributed by atoms with Crippen molar-refractivity contribution in [3.8, 4) is 0 Å². The Hall–Kier alpha value is -1.26. The smallest absolute Gasteiger partial charge is 0.158 e. The molecule has 1 rings (SSSR count). The molecular weight excluding hydrogens is 300 g/mol. The van der Waals surface area contributed by atoms with Gasteiger partial charge in [-0.2, -0.15) is 0 Å². The SMILES string of the molecule is CC(C)C(=O)/C=C/[C@@H]1CCCN1CCC(C)C(=O)/C=C\CN(C)C. The van der Waals surface area contributed by atoms with Gasteiger partial charge in [-0.15, -0.1) is 0 Å². The minimum atomic E-state index is 0.0472. The van der Waals surface area contributed by atoms with Gasteiger partial charge in [0, 0.05) is 24.4 Å². The lowest BCUT2D eigenvalue weighted by Gasteiger charge is -2.23. The number of likely N-dealkylation sites (N-methyl/N-ethyl adjacent to an activating group) is 1. The van der Waals surface area contributed by atoms with Crippen LogP contribution in [-0.2, 0) is 9.59 Å². The van der Waals surface area contributed by atoms with Gasteiger partial charge in [0.2, 0.25) is 0 Å². The number of hydrogen-bond acceptors (Lipinski definition) is 4. The minimum Gasteiger partial charge on any atom is -0.306 e. The summed E-state index contributed by atoms with van der Waals surface area (Å²) in [6, 6.07) is 0.347. The van der Waals surface area contributed by atoms with Crippen LogP contribution in [0.15, 0.2) is 24.3 Å². The Bertz CT molecular complexity index is 466. The predicted molar refractivity (Wildman–Crippen MR) is 100 cm³/mol. The van der Waals surface area contributed by atoms with Crippen molar-refractivity contribution in [2.24, 2.45) is 11.8 Å². The molecule has 1 saturated heterocycles. The van der Waals surface area contributed by atoms with E-state index in [0.29, 0.717) is 6.04 Å². The largest absolute Gasteiger partial charge is 0.306 e. The zero-order valence-electron chi connectivity index (χ0n) is 16.0. The molecule has 0 aromatic rings. The predicted octanol–water partition coefficient (Wildman–Crippen LogP) is 2.95. The molecule has 0 aromatic carbocycles. The molecule has 0 radical (unpaired) electrons. The fraction of sp³-hybridized carbons (Fsp3) is 0.700. The summed E-state index contributed by atoms with van der Waals surface area (Å²) in [5, 5.41) is 0. The van der Waals surface area contributed by atoms with Gasteiger partial charge >= 0.3 is 0 Å². The second kappa shape index (κ2) is 10.6. The van der Waals surface area contributed by atoms with E-state index in [0.717, 1.165) is 38.9 Å². The summed E-state index contributed by atoms with van der Waals surface area (Å²) in [6.07, 6.45) is 10.6. The number of allylic oxidation sites excluding steroid dienone is 2. The molecule has 0 saturated carbocycles. The molecule has 1 aliphatic heterocycles. The first-order valence-electron chi connectivity index (χ1n) is 9.12. The molecule has 1 unspecified atom stereocenters. The van der Waals surface area contributed by atoms with Crippen molar-refractivity contribution in [3.05, 3.63) is 24.3 Å². The van der Waals surface area contributed by atoms with Crippen LogP contribution in [-0.4, -0.2) is 61.1 Å². The van der Waals surface area contributed by atoms with Crippen LogP contribution in [0.1, 0.15) is 40.0 Å². The third-order valence-electron chi connectivity index (χ3n) is 4.55. The molecule has 4 heteroatoms. The lowest BCUT2D eigenvalue weighted by atomic mass is 10.0. The topological polar surface area (TPSA) is 40.6 Å². The van der Waals surface area contributed by atoms with E-state index in [1.54, 1.807) is 12.2 Å². The molecule has 1 aliphatic rings. The Morgan fingerprint density at radius 2 is 1.88 bits per heavy atom. The van der Waals surface area contributed by atoms with E-state index in [-0.39, 0.29) is 23.4 Å². The quantitative estimate of drug-likeness (QED) is 0.576. The maximum atomic E-state index is 12.1. The second-order valence-corrected chi connectivity index (χ2v) is 7.42. The highest BCUT2D eigenvalue weighted by Gasteiger charge is 2.23. The summed E-state index contributed by atoms with van der Waals surface area (Å²) in [4.78, 5) is 28.3. The Labute approximate surface area is 147 Å². The number of carbonyl (C=O) groups excluding carboxylic acids is 2. The lowest BCUT2D eigenvalue weighted by molar-refractivity contribution is -0.118. The average molecular weight is 335 g/mol. The van der Waals surface area contributed by atoms with Crippen molar-refractivity contribution in [3.63, 3.8) is 0 Å². The molecule has 0 spiro atoms. The van der Waals surface area contributed by atoms with Crippen molar-refractivity contribution >= 4 is 11.6 Å². The summed E-state index contributed by atoms with van der Waals surface area (Å²) in [5.74, 6) is 0.503. The molecule has 0 amide bonds. The van der Waals surface area contributed by atoms with Gasteiger partial charge in [0.05, 0.1) is 0 Å². The summed E-state index contributed by atoms with van der Waals surface area (Å²) in [5.41, 5.74) is 0. The van der Waals surface area contributed by atoms with Crippen LogP contribution in [0.5, 0.6) is 0 Å². The van der Waals surface area contributed by atoms with Gasteiger partial charge in [-0.25, -0.2) is 0 Å². The van der Waals surface area contributed by atoms with E-state index in [1.807, 2.05) is 45.8 Å². The zero-order valence-corrected chi connectivity index (χ0v) is 16.0. The van der Waals surface area contributed by atoms with Crippen molar-refractivity contribution in [2.45, 2.75) is 46.1 Å².